The molecule has 1 amide bonds. The molecule has 2 aromatic heterocycles. The van der Waals surface area contributed by atoms with E-state index in [1.807, 2.05) is 0 Å². The van der Waals surface area contributed by atoms with Crippen molar-refractivity contribution in [3.63, 3.8) is 0 Å². The predicted octanol–water partition coefficient (Wildman–Crippen LogP) is 3.95. The van der Waals surface area contributed by atoms with Crippen molar-refractivity contribution >= 4 is 17.7 Å². The van der Waals surface area contributed by atoms with E-state index in [1.54, 1.807) is 34.7 Å². The van der Waals surface area contributed by atoms with Gasteiger partial charge in [-0.1, -0.05) is 0 Å². The summed E-state index contributed by atoms with van der Waals surface area (Å²) in [5.41, 5.74) is -0.129. The van der Waals surface area contributed by atoms with Crippen molar-refractivity contribution in [1.82, 2.24) is 19.5 Å². The van der Waals surface area contributed by atoms with Crippen LogP contribution in [0.1, 0.15) is 49.7 Å². The van der Waals surface area contributed by atoms with Gasteiger partial charge < -0.3 is 24.2 Å². The van der Waals surface area contributed by atoms with Gasteiger partial charge in [0.25, 0.3) is 0 Å². The number of amides is 1. The second kappa shape index (κ2) is 9.94. The van der Waals surface area contributed by atoms with Crippen molar-refractivity contribution < 1.29 is 33.3 Å². The Hall–Kier alpha value is -3.89. The van der Waals surface area contributed by atoms with Gasteiger partial charge in [0.1, 0.15) is 35.4 Å². The third kappa shape index (κ3) is 6.12. The minimum Gasteiger partial charge on any atom is -0.491 e. The Balaban J connectivity index is 1.70. The second-order valence-electron chi connectivity index (χ2n) is 8.59. The van der Waals surface area contributed by atoms with E-state index in [-0.39, 0.29) is 30.2 Å². The molecule has 3 aromatic rings. The molecule has 1 unspecified atom stereocenters. The van der Waals surface area contributed by atoms with Crippen LogP contribution in [0.3, 0.4) is 0 Å². The highest BCUT2D eigenvalue weighted by Gasteiger charge is 2.21. The van der Waals surface area contributed by atoms with Crippen LogP contribution >= 0.6 is 0 Å². The van der Waals surface area contributed by atoms with E-state index in [0.717, 1.165) is 0 Å². The molecule has 182 valence electrons. The third-order valence-corrected chi connectivity index (χ3v) is 4.67. The molecule has 0 aliphatic heterocycles. The van der Waals surface area contributed by atoms with Gasteiger partial charge in [-0.3, -0.25) is 0 Å². The first-order valence-electron chi connectivity index (χ1n) is 10.6. The SMILES string of the molecule is CC(Oc1ccn2ncc(C(=O)O)c2n1)c1cc(F)ccc1OCCN(C)C(=O)OC(C)(C)C. The van der Waals surface area contributed by atoms with Crippen LogP contribution in [-0.2, 0) is 4.74 Å². The van der Waals surface area contributed by atoms with Crippen molar-refractivity contribution in [1.29, 1.82) is 0 Å². The minimum atomic E-state index is -1.16. The van der Waals surface area contributed by atoms with E-state index >= 15 is 0 Å². The maximum absolute atomic E-state index is 14.0. The van der Waals surface area contributed by atoms with Crippen LogP contribution in [-0.4, -0.2) is 62.5 Å². The smallest absolute Gasteiger partial charge is 0.410 e. The fourth-order valence-corrected chi connectivity index (χ4v) is 3.01. The molecule has 1 N–H and O–H groups in total. The van der Waals surface area contributed by atoms with E-state index in [4.69, 9.17) is 14.2 Å². The summed E-state index contributed by atoms with van der Waals surface area (Å²) in [6, 6.07) is 5.56. The zero-order valence-corrected chi connectivity index (χ0v) is 19.6. The summed E-state index contributed by atoms with van der Waals surface area (Å²) in [6.45, 7) is 7.42. The molecule has 34 heavy (non-hydrogen) atoms. The number of carboxylic acid groups (broad SMARTS) is 1. The van der Waals surface area contributed by atoms with Crippen LogP contribution in [0, 0.1) is 5.82 Å². The average Bonchev–Trinajstić information content (AvgIpc) is 3.17. The number of carboxylic acids is 1. The average molecular weight is 474 g/mol. The fourth-order valence-electron chi connectivity index (χ4n) is 3.01. The molecule has 10 nitrogen and oxygen atoms in total. The molecule has 2 heterocycles. The van der Waals surface area contributed by atoms with Gasteiger partial charge in [0.2, 0.25) is 5.88 Å². The Bertz CT molecular complexity index is 1190. The van der Waals surface area contributed by atoms with Crippen LogP contribution in [0.5, 0.6) is 11.6 Å². The first kappa shape index (κ1) is 24.7. The Morgan fingerprint density at radius 2 is 2.00 bits per heavy atom. The molecule has 0 bridgehead atoms. The number of aromatic nitrogens is 3. The number of nitrogens with zero attached hydrogens (tertiary/aromatic N) is 4. The first-order chi connectivity index (χ1) is 15.9. The zero-order valence-electron chi connectivity index (χ0n) is 19.6. The number of ether oxygens (including phenoxy) is 3. The number of benzene rings is 1. The molecule has 3 rings (SSSR count). The predicted molar refractivity (Wildman–Crippen MR) is 120 cm³/mol. The highest BCUT2D eigenvalue weighted by molar-refractivity contribution is 5.94. The Kier molecular flexibility index (Phi) is 7.23. The lowest BCUT2D eigenvalue weighted by molar-refractivity contribution is 0.0277. The Labute approximate surface area is 195 Å². The molecule has 0 aliphatic carbocycles. The van der Waals surface area contributed by atoms with Gasteiger partial charge >= 0.3 is 12.1 Å². The number of carbonyl (C=O) groups excluding carboxylic acids is 1. The molecule has 0 saturated heterocycles. The van der Waals surface area contributed by atoms with Crippen LogP contribution in [0.25, 0.3) is 5.65 Å². The summed E-state index contributed by atoms with van der Waals surface area (Å²) in [5.74, 6) is -1.12. The highest BCUT2D eigenvalue weighted by Crippen LogP contribution is 2.30. The van der Waals surface area contributed by atoms with E-state index in [0.29, 0.717) is 11.3 Å². The normalized spacial score (nSPS) is 12.3. The number of hydrogen-bond acceptors (Lipinski definition) is 7. The van der Waals surface area contributed by atoms with Crippen LogP contribution in [0.2, 0.25) is 0 Å². The Morgan fingerprint density at radius 3 is 2.68 bits per heavy atom. The van der Waals surface area contributed by atoms with Gasteiger partial charge in [-0.2, -0.15) is 10.1 Å². The standard InChI is InChI=1S/C23H27FN4O6/c1-14(33-19-8-9-28-20(26-19)17(13-25-28)21(29)30)16-12-15(24)6-7-18(16)32-11-10-27(5)22(31)34-23(2,3)4/h6-9,12-14H,10-11H2,1-5H3,(H,29,30). The van der Waals surface area contributed by atoms with Crippen LogP contribution in [0.15, 0.2) is 36.7 Å². The van der Waals surface area contributed by atoms with Gasteiger partial charge in [-0.25, -0.2) is 18.5 Å². The largest absolute Gasteiger partial charge is 0.491 e. The van der Waals surface area contributed by atoms with Gasteiger partial charge in [-0.15, -0.1) is 0 Å². The van der Waals surface area contributed by atoms with Crippen LogP contribution < -0.4 is 9.47 Å². The fraction of sp³-hybridized carbons (Fsp3) is 0.391. The number of fused-ring (bicyclic) bond motifs is 1. The molecule has 0 spiro atoms. The zero-order chi connectivity index (χ0) is 25.0. The molecule has 1 atom stereocenters. The van der Waals surface area contributed by atoms with Crippen molar-refractivity contribution in [2.75, 3.05) is 20.2 Å². The lowest BCUT2D eigenvalue weighted by Crippen LogP contribution is -2.36. The molecule has 0 radical (unpaired) electrons. The maximum Gasteiger partial charge on any atom is 0.410 e. The lowest BCUT2D eigenvalue weighted by atomic mass is 10.1. The number of aromatic carboxylic acids is 1. The van der Waals surface area contributed by atoms with E-state index in [9.17, 15) is 19.1 Å². The number of likely N-dealkylation sites (N-methyl/N-ethyl adjacent to an activating group) is 1. The summed E-state index contributed by atoms with van der Waals surface area (Å²) in [6.07, 6.45) is 1.56. The van der Waals surface area contributed by atoms with E-state index in [2.05, 4.69) is 10.1 Å². The maximum atomic E-state index is 14.0. The summed E-state index contributed by atoms with van der Waals surface area (Å²) < 4.78 is 32.3. The topological polar surface area (TPSA) is 115 Å². The Morgan fingerprint density at radius 1 is 1.26 bits per heavy atom. The molecule has 0 aliphatic rings. The molecular formula is C23H27FN4O6. The molecule has 1 aromatic carbocycles. The lowest BCUT2D eigenvalue weighted by Gasteiger charge is -2.25. The molecular weight excluding hydrogens is 447 g/mol. The molecule has 11 heteroatoms. The highest BCUT2D eigenvalue weighted by atomic mass is 19.1. The summed E-state index contributed by atoms with van der Waals surface area (Å²) in [4.78, 5) is 29.0. The number of carbonyl (C=O) groups is 2. The van der Waals surface area contributed by atoms with E-state index in [1.165, 1.54) is 46.1 Å². The summed E-state index contributed by atoms with van der Waals surface area (Å²) >= 11 is 0. The van der Waals surface area contributed by atoms with Crippen molar-refractivity contribution in [2.24, 2.45) is 0 Å². The first-order valence-corrected chi connectivity index (χ1v) is 10.6. The van der Waals surface area contributed by atoms with E-state index < -0.39 is 29.6 Å². The number of rotatable bonds is 8. The minimum absolute atomic E-state index is 0.0676. The van der Waals surface area contributed by atoms with Crippen molar-refractivity contribution in [3.8, 4) is 11.6 Å². The second-order valence-corrected chi connectivity index (χ2v) is 8.59. The van der Waals surface area contributed by atoms with Gasteiger partial charge in [-0.05, 0) is 45.9 Å². The summed E-state index contributed by atoms with van der Waals surface area (Å²) in [5, 5.41) is 13.2. The monoisotopic (exact) mass is 474 g/mol. The van der Waals surface area contributed by atoms with Gasteiger partial charge in [0.05, 0.1) is 12.7 Å². The van der Waals surface area contributed by atoms with Crippen molar-refractivity contribution in [3.05, 3.63) is 53.6 Å². The molecule has 0 saturated carbocycles. The quantitative estimate of drug-likeness (QED) is 0.522. The van der Waals surface area contributed by atoms with Crippen LogP contribution in [0.4, 0.5) is 9.18 Å². The number of halogens is 1. The van der Waals surface area contributed by atoms with Gasteiger partial charge in [0, 0.05) is 24.9 Å². The molecule has 0 fully saturated rings. The summed E-state index contributed by atoms with van der Waals surface area (Å²) in [7, 11) is 1.60. The third-order valence-electron chi connectivity index (χ3n) is 4.67. The van der Waals surface area contributed by atoms with Crippen molar-refractivity contribution in [2.45, 2.75) is 39.4 Å². The van der Waals surface area contributed by atoms with Gasteiger partial charge in [0.15, 0.2) is 5.65 Å². The number of hydrogen-bond donors (Lipinski definition) is 1.